The first-order valence-electron chi connectivity index (χ1n) is 10.4. The lowest BCUT2D eigenvalue weighted by atomic mass is 10.0. The molecule has 4 N–H and O–H groups in total. The zero-order valence-electron chi connectivity index (χ0n) is 17.9. The Morgan fingerprint density at radius 2 is 1.78 bits per heavy atom. The Hall–Kier alpha value is -3.65. The van der Waals surface area contributed by atoms with Crippen molar-refractivity contribution in [3.8, 4) is 0 Å². The third-order valence-corrected chi connectivity index (χ3v) is 5.14. The van der Waals surface area contributed by atoms with Crippen LogP contribution >= 0.6 is 0 Å². The summed E-state index contributed by atoms with van der Waals surface area (Å²) in [7, 11) is 1.26. The van der Waals surface area contributed by atoms with E-state index in [0.717, 1.165) is 22.0 Å². The number of hydrogen-bond acceptors (Lipinski definition) is 6. The molecule has 168 valence electrons. The third kappa shape index (κ3) is 6.18. The average molecular weight is 437 g/mol. The summed E-state index contributed by atoms with van der Waals surface area (Å²) in [4.78, 5) is 39.9. The van der Waals surface area contributed by atoms with Crippen molar-refractivity contribution in [2.24, 2.45) is 5.73 Å². The van der Waals surface area contributed by atoms with Gasteiger partial charge in [0.15, 0.2) is 0 Å². The van der Waals surface area contributed by atoms with Crippen molar-refractivity contribution in [3.63, 3.8) is 0 Å². The predicted octanol–water partition coefficient (Wildman–Crippen LogP) is 2.22. The van der Waals surface area contributed by atoms with Gasteiger partial charge in [0.2, 0.25) is 5.91 Å². The molecule has 0 saturated heterocycles. The summed E-state index contributed by atoms with van der Waals surface area (Å²) in [6, 6.07) is 15.1. The van der Waals surface area contributed by atoms with Crippen molar-refractivity contribution in [1.82, 2.24) is 10.3 Å². The molecule has 1 aromatic heterocycles. The zero-order chi connectivity index (χ0) is 22.9. The molecule has 3 rings (SSSR count). The van der Waals surface area contributed by atoms with E-state index >= 15 is 0 Å². The van der Waals surface area contributed by atoms with E-state index < -0.39 is 29.9 Å². The number of aromatic amines is 1. The molecule has 0 saturated carbocycles. The van der Waals surface area contributed by atoms with Gasteiger partial charge in [-0.15, -0.1) is 0 Å². The van der Waals surface area contributed by atoms with Crippen LogP contribution in [0.2, 0.25) is 0 Å². The summed E-state index contributed by atoms with van der Waals surface area (Å²) in [5.74, 6) is -1.55. The lowest BCUT2D eigenvalue weighted by Gasteiger charge is -2.19. The number of para-hydroxylation sites is 1. The summed E-state index contributed by atoms with van der Waals surface area (Å²) in [6.07, 6.45) is 2.14. The molecule has 8 nitrogen and oxygen atoms in total. The van der Waals surface area contributed by atoms with Gasteiger partial charge in [0.1, 0.15) is 12.6 Å². The molecule has 1 heterocycles. The summed E-state index contributed by atoms with van der Waals surface area (Å²) in [6.45, 7) is 0.163. The number of benzene rings is 2. The normalized spacial score (nSPS) is 12.7. The van der Waals surface area contributed by atoms with E-state index in [2.05, 4.69) is 10.3 Å². The van der Waals surface area contributed by atoms with Crippen molar-refractivity contribution in [1.29, 1.82) is 0 Å². The summed E-state index contributed by atoms with van der Waals surface area (Å²) < 4.78 is 10.0. The van der Waals surface area contributed by atoms with Gasteiger partial charge in [-0.2, -0.15) is 0 Å². The maximum absolute atomic E-state index is 12.6. The second kappa shape index (κ2) is 11.1. The quantitative estimate of drug-likeness (QED) is 0.418. The highest BCUT2D eigenvalue weighted by Gasteiger charge is 2.26. The van der Waals surface area contributed by atoms with E-state index in [1.165, 1.54) is 7.11 Å². The molecule has 32 heavy (non-hydrogen) atoms. The summed E-state index contributed by atoms with van der Waals surface area (Å²) in [5, 5.41) is 3.61. The number of nitrogens with two attached hydrogens (primary N) is 1. The topological polar surface area (TPSA) is 124 Å². The Balaban J connectivity index is 1.52. The highest BCUT2D eigenvalue weighted by Crippen LogP contribution is 2.19. The minimum Gasteiger partial charge on any atom is -0.467 e. The van der Waals surface area contributed by atoms with E-state index in [4.69, 9.17) is 15.2 Å². The number of nitrogens with one attached hydrogen (secondary N) is 2. The van der Waals surface area contributed by atoms with Crippen molar-refractivity contribution in [2.75, 3.05) is 7.11 Å². The molecular formula is C24H27N3O5. The molecule has 1 amide bonds. The van der Waals surface area contributed by atoms with Crippen LogP contribution in [0.1, 0.15) is 24.0 Å². The van der Waals surface area contributed by atoms with E-state index in [1.54, 1.807) is 6.20 Å². The Labute approximate surface area is 186 Å². The largest absolute Gasteiger partial charge is 0.467 e. The first kappa shape index (κ1) is 23.0. The Kier molecular flexibility index (Phi) is 7.99. The fraction of sp³-hybridized carbons (Fsp3) is 0.292. The van der Waals surface area contributed by atoms with E-state index in [-0.39, 0.29) is 25.9 Å². The molecule has 3 aromatic rings. The molecule has 0 aliphatic heterocycles. The molecular weight excluding hydrogens is 410 g/mol. The number of rotatable bonds is 10. The number of ether oxygens (including phenoxy) is 2. The zero-order valence-corrected chi connectivity index (χ0v) is 17.9. The molecule has 0 bridgehead atoms. The van der Waals surface area contributed by atoms with Crippen LogP contribution in [-0.4, -0.2) is 42.0 Å². The first-order chi connectivity index (χ1) is 15.5. The lowest BCUT2D eigenvalue weighted by Crippen LogP contribution is -2.49. The lowest BCUT2D eigenvalue weighted by molar-refractivity contribution is -0.146. The molecule has 8 heteroatoms. The van der Waals surface area contributed by atoms with Gasteiger partial charge >= 0.3 is 11.9 Å². The van der Waals surface area contributed by atoms with Gasteiger partial charge in [-0.1, -0.05) is 48.5 Å². The van der Waals surface area contributed by atoms with Gasteiger partial charge in [0, 0.05) is 29.9 Å². The standard InChI is InChI=1S/C24H27N3O5/c1-31-24(30)21(13-17-14-26-20-10-6-5-9-18(17)20)27-23(29)19(25)11-12-22(28)32-15-16-7-3-2-4-8-16/h2-10,14,19,21,26H,11-13,15,25H2,1H3,(H,27,29). The Morgan fingerprint density at radius 3 is 2.53 bits per heavy atom. The fourth-order valence-corrected chi connectivity index (χ4v) is 3.35. The maximum atomic E-state index is 12.6. The van der Waals surface area contributed by atoms with Crippen LogP contribution < -0.4 is 11.1 Å². The SMILES string of the molecule is COC(=O)C(Cc1c[nH]c2ccccc12)NC(=O)C(N)CCC(=O)OCc1ccccc1. The molecule has 2 atom stereocenters. The van der Waals surface area contributed by atoms with Gasteiger partial charge in [-0.3, -0.25) is 9.59 Å². The smallest absolute Gasteiger partial charge is 0.328 e. The molecule has 0 spiro atoms. The summed E-state index contributed by atoms with van der Waals surface area (Å²) in [5.41, 5.74) is 8.63. The number of amides is 1. The van der Waals surface area contributed by atoms with E-state index in [9.17, 15) is 14.4 Å². The summed E-state index contributed by atoms with van der Waals surface area (Å²) >= 11 is 0. The predicted molar refractivity (Wildman–Crippen MR) is 119 cm³/mol. The number of carbonyl (C=O) groups is 3. The Morgan fingerprint density at radius 1 is 1.06 bits per heavy atom. The molecule has 0 radical (unpaired) electrons. The number of methoxy groups -OCH3 is 1. The van der Waals surface area contributed by atoms with Crippen LogP contribution in [0, 0.1) is 0 Å². The highest BCUT2D eigenvalue weighted by molar-refractivity contribution is 5.89. The second-order valence-electron chi connectivity index (χ2n) is 7.44. The van der Waals surface area contributed by atoms with Gasteiger partial charge in [-0.25, -0.2) is 4.79 Å². The van der Waals surface area contributed by atoms with Crippen molar-refractivity contribution < 1.29 is 23.9 Å². The minimum atomic E-state index is -0.964. The molecule has 2 aromatic carbocycles. The monoisotopic (exact) mass is 437 g/mol. The number of hydrogen-bond donors (Lipinski definition) is 3. The number of fused-ring (bicyclic) bond motifs is 1. The van der Waals surface area contributed by atoms with Crippen LogP contribution in [0.15, 0.2) is 60.8 Å². The first-order valence-corrected chi connectivity index (χ1v) is 10.4. The van der Waals surface area contributed by atoms with Crippen LogP contribution in [0.5, 0.6) is 0 Å². The molecule has 0 fully saturated rings. The highest BCUT2D eigenvalue weighted by atomic mass is 16.5. The average Bonchev–Trinajstić information content (AvgIpc) is 3.23. The fourth-order valence-electron chi connectivity index (χ4n) is 3.35. The second-order valence-corrected chi connectivity index (χ2v) is 7.44. The number of aromatic nitrogens is 1. The van der Waals surface area contributed by atoms with Crippen molar-refractivity contribution in [3.05, 3.63) is 71.9 Å². The minimum absolute atomic E-state index is 0.00718. The van der Waals surface area contributed by atoms with Crippen LogP contribution in [0.3, 0.4) is 0 Å². The van der Waals surface area contributed by atoms with Crippen molar-refractivity contribution >= 4 is 28.7 Å². The molecule has 2 unspecified atom stereocenters. The number of carbonyl (C=O) groups excluding carboxylic acids is 3. The van der Waals surface area contributed by atoms with Gasteiger partial charge in [0.25, 0.3) is 0 Å². The molecule has 0 aliphatic rings. The van der Waals surface area contributed by atoms with Crippen molar-refractivity contribution in [2.45, 2.75) is 38.0 Å². The third-order valence-electron chi connectivity index (χ3n) is 5.14. The number of H-pyrrole nitrogens is 1. The number of esters is 2. The van der Waals surface area contributed by atoms with Crippen LogP contribution in [0.4, 0.5) is 0 Å². The van der Waals surface area contributed by atoms with Gasteiger partial charge in [0.05, 0.1) is 13.2 Å². The van der Waals surface area contributed by atoms with E-state index in [0.29, 0.717) is 0 Å². The van der Waals surface area contributed by atoms with E-state index in [1.807, 2.05) is 54.6 Å². The van der Waals surface area contributed by atoms with Crippen LogP contribution in [-0.2, 0) is 36.9 Å². The van der Waals surface area contributed by atoms with Gasteiger partial charge in [-0.05, 0) is 23.6 Å². The Bertz CT molecular complexity index is 1060. The van der Waals surface area contributed by atoms with Gasteiger partial charge < -0.3 is 25.5 Å². The maximum Gasteiger partial charge on any atom is 0.328 e. The molecule has 0 aliphatic carbocycles. The van der Waals surface area contributed by atoms with Crippen LogP contribution in [0.25, 0.3) is 10.9 Å².